The highest BCUT2D eigenvalue weighted by Crippen LogP contribution is 2.33. The Hall–Kier alpha value is -0.0400. The molecule has 0 unspecified atom stereocenters. The zero-order valence-corrected chi connectivity index (χ0v) is 13.7. The first kappa shape index (κ1) is 13.4. The fourth-order valence-corrected chi connectivity index (χ4v) is 3.59. The second-order valence-electron chi connectivity index (χ2n) is 3.19. The van der Waals surface area contributed by atoms with Gasteiger partial charge in [-0.05, 0) is 56.1 Å². The Labute approximate surface area is 126 Å². The molecule has 0 atom stereocenters. The van der Waals surface area contributed by atoms with E-state index in [0.29, 0.717) is 9.35 Å². The maximum absolute atomic E-state index is 13.6. The van der Waals surface area contributed by atoms with Gasteiger partial charge in [0.25, 0.3) is 0 Å². The van der Waals surface area contributed by atoms with E-state index in [4.69, 9.17) is 0 Å². The quantitative estimate of drug-likeness (QED) is 0.569. The third-order valence-electron chi connectivity index (χ3n) is 2.04. The fourth-order valence-electron chi connectivity index (χ4n) is 1.26. The van der Waals surface area contributed by atoms with Gasteiger partial charge in [0.05, 0.1) is 14.2 Å². The van der Waals surface area contributed by atoms with E-state index in [1.165, 1.54) is 23.5 Å². The second-order valence-corrected chi connectivity index (χ2v) is 7.33. The number of hydrogen-bond acceptors (Lipinski definition) is 2. The van der Waals surface area contributed by atoms with Gasteiger partial charge in [0.15, 0.2) is 0 Å². The molecule has 0 aliphatic rings. The summed E-state index contributed by atoms with van der Waals surface area (Å²) in [5.74, 6) is -0.837. The summed E-state index contributed by atoms with van der Waals surface area (Å²) in [7, 11) is 0. The molecule has 88 valence electrons. The molecule has 0 spiro atoms. The predicted octanol–water partition coefficient (Wildman–Crippen LogP) is 5.41. The number of benzene rings is 1. The molecule has 1 nitrogen and oxygen atoms in total. The molecule has 0 amide bonds. The summed E-state index contributed by atoms with van der Waals surface area (Å²) in [6, 6.07) is 6.08. The average molecular weight is 443 g/mol. The molecule has 0 saturated carbocycles. The van der Waals surface area contributed by atoms with Crippen LogP contribution in [-0.4, -0.2) is 5.78 Å². The van der Waals surface area contributed by atoms with Crippen molar-refractivity contribution in [3.63, 3.8) is 0 Å². The monoisotopic (exact) mass is 440 g/mol. The first-order chi connectivity index (χ1) is 7.99. The summed E-state index contributed by atoms with van der Waals surface area (Å²) in [4.78, 5) is 12.5. The molecule has 1 aromatic heterocycles. The van der Waals surface area contributed by atoms with Crippen molar-refractivity contribution in [3.8, 4) is 0 Å². The van der Waals surface area contributed by atoms with Crippen LogP contribution in [0.1, 0.15) is 15.2 Å². The lowest BCUT2D eigenvalue weighted by Crippen LogP contribution is -2.01. The van der Waals surface area contributed by atoms with Crippen molar-refractivity contribution in [1.82, 2.24) is 0 Å². The maximum atomic E-state index is 13.6. The zero-order valence-electron chi connectivity index (χ0n) is 8.14. The molecule has 1 aromatic carbocycles. The summed E-state index contributed by atoms with van der Waals surface area (Å²) < 4.78 is 15.8. The fraction of sp³-hybridized carbons (Fsp3) is 0. The zero-order chi connectivity index (χ0) is 12.6. The maximum Gasteiger partial charge on any atom is 0.205 e. The second kappa shape index (κ2) is 5.30. The first-order valence-corrected chi connectivity index (χ1v) is 7.63. The number of hydrogen-bond donors (Lipinski definition) is 0. The van der Waals surface area contributed by atoms with Crippen LogP contribution >= 0.6 is 59.1 Å². The normalized spacial score (nSPS) is 10.6. The molecular formula is C11H4Br3FOS. The summed E-state index contributed by atoms with van der Waals surface area (Å²) in [6.07, 6.45) is 0. The van der Waals surface area contributed by atoms with Crippen molar-refractivity contribution in [2.45, 2.75) is 0 Å². The van der Waals surface area contributed by atoms with E-state index in [-0.39, 0.29) is 11.3 Å². The summed E-state index contributed by atoms with van der Waals surface area (Å²) in [6.45, 7) is 0. The van der Waals surface area contributed by atoms with Crippen LogP contribution in [-0.2, 0) is 0 Å². The van der Waals surface area contributed by atoms with Gasteiger partial charge in [-0.15, -0.1) is 11.3 Å². The largest absolute Gasteiger partial charge is 0.288 e. The molecule has 0 radical (unpaired) electrons. The Morgan fingerprint density at radius 3 is 2.41 bits per heavy atom. The molecule has 2 aromatic rings. The molecular weight excluding hydrogens is 439 g/mol. The number of thiophene rings is 1. The van der Waals surface area contributed by atoms with Crippen LogP contribution < -0.4 is 0 Å². The number of ketones is 1. The van der Waals surface area contributed by atoms with Crippen LogP contribution in [0.3, 0.4) is 0 Å². The topological polar surface area (TPSA) is 17.1 Å². The minimum atomic E-state index is -0.523. The Kier molecular flexibility index (Phi) is 4.18. The number of carbonyl (C=O) groups excluding carboxylic acids is 1. The molecule has 1 heterocycles. The van der Waals surface area contributed by atoms with Gasteiger partial charge in [-0.1, -0.05) is 15.9 Å². The van der Waals surface area contributed by atoms with Gasteiger partial charge in [0, 0.05) is 8.95 Å². The molecule has 2 rings (SSSR count). The Morgan fingerprint density at radius 2 is 1.88 bits per heavy atom. The first-order valence-electron chi connectivity index (χ1n) is 4.43. The average Bonchev–Trinajstić information content (AvgIpc) is 2.58. The lowest BCUT2D eigenvalue weighted by molar-refractivity contribution is 0.103. The smallest absolute Gasteiger partial charge is 0.205 e. The molecule has 6 heteroatoms. The lowest BCUT2D eigenvalue weighted by atomic mass is 10.1. The molecule has 0 saturated heterocycles. The van der Waals surface area contributed by atoms with Crippen molar-refractivity contribution in [2.24, 2.45) is 0 Å². The van der Waals surface area contributed by atoms with Crippen molar-refractivity contribution in [2.75, 3.05) is 0 Å². The van der Waals surface area contributed by atoms with Gasteiger partial charge >= 0.3 is 0 Å². The lowest BCUT2D eigenvalue weighted by Gasteiger charge is -2.00. The van der Waals surface area contributed by atoms with Crippen LogP contribution in [0.5, 0.6) is 0 Å². The van der Waals surface area contributed by atoms with Crippen LogP contribution in [0.2, 0.25) is 0 Å². The minimum absolute atomic E-state index is 0.0782. The number of carbonyl (C=O) groups is 1. The number of rotatable bonds is 2. The van der Waals surface area contributed by atoms with E-state index in [1.54, 1.807) is 12.1 Å². The van der Waals surface area contributed by atoms with E-state index < -0.39 is 5.82 Å². The van der Waals surface area contributed by atoms with Gasteiger partial charge < -0.3 is 0 Å². The van der Waals surface area contributed by atoms with Crippen LogP contribution in [0, 0.1) is 5.82 Å². The van der Waals surface area contributed by atoms with Crippen molar-refractivity contribution < 1.29 is 9.18 Å². The van der Waals surface area contributed by atoms with Gasteiger partial charge in [-0.3, -0.25) is 4.79 Å². The minimum Gasteiger partial charge on any atom is -0.288 e. The Balaban J connectivity index is 2.43. The van der Waals surface area contributed by atoms with E-state index in [9.17, 15) is 9.18 Å². The van der Waals surface area contributed by atoms with Crippen molar-refractivity contribution in [3.05, 3.63) is 53.3 Å². The summed E-state index contributed by atoms with van der Waals surface area (Å²) in [5, 5.41) is 0. The molecule has 17 heavy (non-hydrogen) atoms. The highest BCUT2D eigenvalue weighted by molar-refractivity contribution is 9.13. The van der Waals surface area contributed by atoms with E-state index in [1.807, 2.05) is 0 Å². The van der Waals surface area contributed by atoms with E-state index in [2.05, 4.69) is 47.8 Å². The number of halogens is 4. The van der Waals surface area contributed by atoms with Crippen LogP contribution in [0.4, 0.5) is 4.39 Å². The van der Waals surface area contributed by atoms with E-state index in [0.717, 1.165) is 8.26 Å². The Bertz CT molecular complexity index is 575. The highest BCUT2D eigenvalue weighted by Gasteiger charge is 2.17. The Morgan fingerprint density at radius 1 is 1.18 bits per heavy atom. The molecule has 0 fully saturated rings. The molecule has 0 aliphatic heterocycles. The van der Waals surface area contributed by atoms with Gasteiger partial charge in [-0.2, -0.15) is 0 Å². The highest BCUT2D eigenvalue weighted by atomic mass is 79.9. The third kappa shape index (κ3) is 2.86. The van der Waals surface area contributed by atoms with Crippen molar-refractivity contribution >= 4 is 64.9 Å². The molecule has 0 bridgehead atoms. The predicted molar refractivity (Wildman–Crippen MR) is 77.3 cm³/mol. The molecule has 0 aliphatic carbocycles. The SMILES string of the molecule is O=C(c1cc(Br)c(Br)s1)c1ccc(Br)cc1F. The van der Waals surface area contributed by atoms with Gasteiger partial charge in [-0.25, -0.2) is 4.39 Å². The standard InChI is InChI=1S/C11H4Br3FOS/c12-5-1-2-6(8(15)3-5)10(16)9-4-7(13)11(14)17-9/h1-4H. The molecule has 0 N–H and O–H groups in total. The summed E-state index contributed by atoms with van der Waals surface area (Å²) in [5.41, 5.74) is 0.0782. The summed E-state index contributed by atoms with van der Waals surface area (Å²) >= 11 is 11.0. The van der Waals surface area contributed by atoms with Crippen molar-refractivity contribution in [1.29, 1.82) is 0 Å². The van der Waals surface area contributed by atoms with E-state index >= 15 is 0 Å². The third-order valence-corrected chi connectivity index (χ3v) is 5.79. The van der Waals surface area contributed by atoms with Gasteiger partial charge in [0.2, 0.25) is 5.78 Å². The van der Waals surface area contributed by atoms with Crippen LogP contribution in [0.15, 0.2) is 37.0 Å². The van der Waals surface area contributed by atoms with Crippen LogP contribution in [0.25, 0.3) is 0 Å². The van der Waals surface area contributed by atoms with Gasteiger partial charge in [0.1, 0.15) is 5.82 Å².